The molecule has 0 amide bonds. The molecule has 0 spiro atoms. The SMILES string of the molecule is Fc1[c]ccc(OCCCCCCCC2CC2)c1. The van der Waals surface area contributed by atoms with Gasteiger partial charge in [-0.05, 0) is 24.5 Å². The zero-order chi connectivity index (χ0) is 12.6. The molecule has 1 saturated carbocycles. The summed E-state index contributed by atoms with van der Waals surface area (Å²) in [6, 6.07) is 7.16. The van der Waals surface area contributed by atoms with Gasteiger partial charge >= 0.3 is 0 Å². The lowest BCUT2D eigenvalue weighted by Gasteiger charge is -2.05. The molecule has 2 heteroatoms. The molecule has 1 aromatic carbocycles. The van der Waals surface area contributed by atoms with Crippen LogP contribution in [0.25, 0.3) is 0 Å². The van der Waals surface area contributed by atoms with Crippen molar-refractivity contribution in [1.29, 1.82) is 0 Å². The number of unbranched alkanes of at least 4 members (excludes halogenated alkanes) is 4. The molecule has 0 atom stereocenters. The first-order valence-corrected chi connectivity index (χ1v) is 7.14. The molecule has 1 nitrogen and oxygen atoms in total. The first kappa shape index (κ1) is 13.4. The lowest BCUT2D eigenvalue weighted by Crippen LogP contribution is -1.97. The van der Waals surface area contributed by atoms with E-state index in [-0.39, 0.29) is 5.82 Å². The predicted octanol–water partition coefficient (Wildman–Crippen LogP) is 4.76. The summed E-state index contributed by atoms with van der Waals surface area (Å²) >= 11 is 0. The van der Waals surface area contributed by atoms with Gasteiger partial charge in [0.1, 0.15) is 11.6 Å². The first-order chi connectivity index (χ1) is 8.84. The van der Waals surface area contributed by atoms with Crippen molar-refractivity contribution in [2.24, 2.45) is 5.92 Å². The quantitative estimate of drug-likeness (QED) is 0.573. The predicted molar refractivity (Wildman–Crippen MR) is 71.2 cm³/mol. The molecule has 1 aliphatic rings. The Labute approximate surface area is 109 Å². The standard InChI is InChI=1S/C16H22FO/c17-15-8-6-9-16(13-15)18-12-5-3-1-2-4-7-14-10-11-14/h6,9,13-14H,1-5,7,10-12H2. The average molecular weight is 249 g/mol. The second kappa shape index (κ2) is 7.40. The van der Waals surface area contributed by atoms with Crippen LogP contribution in [0.15, 0.2) is 18.2 Å². The second-order valence-electron chi connectivity index (χ2n) is 5.22. The zero-order valence-corrected chi connectivity index (χ0v) is 11.0. The Morgan fingerprint density at radius 1 is 1.17 bits per heavy atom. The summed E-state index contributed by atoms with van der Waals surface area (Å²) in [6.45, 7) is 0.687. The molecule has 1 radical (unpaired) electrons. The van der Waals surface area contributed by atoms with Crippen molar-refractivity contribution in [3.05, 3.63) is 30.1 Å². The van der Waals surface area contributed by atoms with Gasteiger partial charge in [-0.25, -0.2) is 4.39 Å². The van der Waals surface area contributed by atoms with E-state index < -0.39 is 0 Å². The molecule has 0 heterocycles. The number of rotatable bonds is 9. The third-order valence-electron chi connectivity index (χ3n) is 3.46. The molecule has 1 fully saturated rings. The molecule has 0 aromatic heterocycles. The highest BCUT2D eigenvalue weighted by Gasteiger charge is 2.19. The van der Waals surface area contributed by atoms with E-state index in [1.165, 1.54) is 51.0 Å². The van der Waals surface area contributed by atoms with E-state index in [4.69, 9.17) is 4.74 Å². The van der Waals surface area contributed by atoms with Crippen LogP contribution in [0.2, 0.25) is 0 Å². The minimum absolute atomic E-state index is 0.354. The van der Waals surface area contributed by atoms with Gasteiger partial charge in [0.25, 0.3) is 0 Å². The second-order valence-corrected chi connectivity index (χ2v) is 5.22. The van der Waals surface area contributed by atoms with Crippen LogP contribution in [0.5, 0.6) is 5.75 Å². The van der Waals surface area contributed by atoms with Crippen LogP contribution in [0.4, 0.5) is 4.39 Å². The molecule has 1 aromatic rings. The van der Waals surface area contributed by atoms with Crippen molar-refractivity contribution < 1.29 is 9.13 Å². The third-order valence-corrected chi connectivity index (χ3v) is 3.46. The summed E-state index contributed by atoms with van der Waals surface area (Å²) in [5, 5.41) is 0. The van der Waals surface area contributed by atoms with E-state index in [2.05, 4.69) is 6.07 Å². The topological polar surface area (TPSA) is 9.23 Å². The average Bonchev–Trinajstić information content (AvgIpc) is 3.17. The lowest BCUT2D eigenvalue weighted by molar-refractivity contribution is 0.302. The molecule has 0 unspecified atom stereocenters. The Kier molecular flexibility index (Phi) is 5.50. The summed E-state index contributed by atoms with van der Waals surface area (Å²) in [6.07, 6.45) is 10.7. The molecule has 1 aliphatic carbocycles. The van der Waals surface area contributed by atoms with E-state index in [1.54, 1.807) is 12.1 Å². The summed E-state index contributed by atoms with van der Waals surface area (Å²) in [4.78, 5) is 0. The smallest absolute Gasteiger partial charge is 0.134 e. The summed E-state index contributed by atoms with van der Waals surface area (Å²) in [5.41, 5.74) is 0. The Morgan fingerprint density at radius 2 is 1.94 bits per heavy atom. The van der Waals surface area contributed by atoms with E-state index in [1.807, 2.05) is 0 Å². The van der Waals surface area contributed by atoms with Crippen molar-refractivity contribution in [3.63, 3.8) is 0 Å². The summed E-state index contributed by atoms with van der Waals surface area (Å²) in [7, 11) is 0. The fourth-order valence-corrected chi connectivity index (χ4v) is 2.17. The normalized spacial score (nSPS) is 14.7. The Morgan fingerprint density at radius 3 is 2.72 bits per heavy atom. The number of ether oxygens (including phenoxy) is 1. The Bertz CT molecular complexity index is 347. The number of benzene rings is 1. The van der Waals surface area contributed by atoms with Crippen LogP contribution in [-0.4, -0.2) is 6.61 Å². The maximum absolute atomic E-state index is 12.8. The molecule has 0 saturated heterocycles. The van der Waals surface area contributed by atoms with Gasteiger partial charge in [-0.2, -0.15) is 0 Å². The van der Waals surface area contributed by atoms with Crippen LogP contribution in [-0.2, 0) is 0 Å². The molecular formula is C16H22FO. The largest absolute Gasteiger partial charge is 0.493 e. The number of hydrogen-bond donors (Lipinski definition) is 0. The zero-order valence-electron chi connectivity index (χ0n) is 11.0. The fraction of sp³-hybridized carbons (Fsp3) is 0.625. The van der Waals surface area contributed by atoms with Crippen LogP contribution >= 0.6 is 0 Å². The van der Waals surface area contributed by atoms with E-state index in [9.17, 15) is 4.39 Å². The van der Waals surface area contributed by atoms with E-state index in [0.717, 1.165) is 12.3 Å². The van der Waals surface area contributed by atoms with Gasteiger partial charge < -0.3 is 4.74 Å². The van der Waals surface area contributed by atoms with Crippen LogP contribution in [0.3, 0.4) is 0 Å². The van der Waals surface area contributed by atoms with Crippen molar-refractivity contribution in [2.45, 2.75) is 51.4 Å². The Hall–Kier alpha value is -1.05. The molecule has 0 N–H and O–H groups in total. The van der Waals surface area contributed by atoms with Gasteiger partial charge in [0.2, 0.25) is 0 Å². The van der Waals surface area contributed by atoms with Crippen molar-refractivity contribution >= 4 is 0 Å². The minimum Gasteiger partial charge on any atom is -0.493 e. The highest BCUT2D eigenvalue weighted by molar-refractivity contribution is 5.21. The van der Waals surface area contributed by atoms with Crippen LogP contribution < -0.4 is 4.74 Å². The molecule has 99 valence electrons. The molecule has 0 bridgehead atoms. The monoisotopic (exact) mass is 249 g/mol. The molecular weight excluding hydrogens is 227 g/mol. The third kappa shape index (κ3) is 5.52. The van der Waals surface area contributed by atoms with E-state index >= 15 is 0 Å². The van der Waals surface area contributed by atoms with Crippen molar-refractivity contribution in [2.75, 3.05) is 6.61 Å². The summed E-state index contributed by atoms with van der Waals surface area (Å²) < 4.78 is 18.3. The van der Waals surface area contributed by atoms with Gasteiger partial charge in [-0.1, -0.05) is 44.9 Å². The maximum atomic E-state index is 12.8. The van der Waals surface area contributed by atoms with Gasteiger partial charge in [0.05, 0.1) is 6.61 Å². The van der Waals surface area contributed by atoms with Crippen molar-refractivity contribution in [1.82, 2.24) is 0 Å². The number of hydrogen-bond acceptors (Lipinski definition) is 1. The van der Waals surface area contributed by atoms with Gasteiger partial charge in [0.15, 0.2) is 0 Å². The highest BCUT2D eigenvalue weighted by Crippen LogP contribution is 2.34. The number of halogens is 1. The van der Waals surface area contributed by atoms with Gasteiger partial charge in [-0.3, -0.25) is 0 Å². The van der Waals surface area contributed by atoms with E-state index in [0.29, 0.717) is 12.4 Å². The molecule has 18 heavy (non-hydrogen) atoms. The highest BCUT2D eigenvalue weighted by atomic mass is 19.1. The van der Waals surface area contributed by atoms with Crippen LogP contribution in [0.1, 0.15) is 51.4 Å². The minimum atomic E-state index is -0.354. The van der Waals surface area contributed by atoms with Crippen molar-refractivity contribution in [3.8, 4) is 5.75 Å². The molecule has 0 aliphatic heterocycles. The lowest BCUT2D eigenvalue weighted by atomic mass is 10.1. The first-order valence-electron chi connectivity index (χ1n) is 7.14. The van der Waals surface area contributed by atoms with Crippen LogP contribution in [0, 0.1) is 17.8 Å². The van der Waals surface area contributed by atoms with Gasteiger partial charge in [0, 0.05) is 12.1 Å². The maximum Gasteiger partial charge on any atom is 0.134 e. The Balaban J connectivity index is 1.43. The fourth-order valence-electron chi connectivity index (χ4n) is 2.17. The summed E-state index contributed by atoms with van der Waals surface area (Å²) in [5.74, 6) is 1.32. The van der Waals surface area contributed by atoms with Gasteiger partial charge in [-0.15, -0.1) is 0 Å². The molecule has 2 rings (SSSR count).